The third-order valence-corrected chi connectivity index (χ3v) is 4.65. The first-order valence-corrected chi connectivity index (χ1v) is 9.24. The molecular formula is C21H21N5O3. The molecule has 0 bridgehead atoms. The van der Waals surface area contributed by atoms with Crippen molar-refractivity contribution in [2.75, 3.05) is 0 Å². The molecule has 0 saturated heterocycles. The molecule has 0 saturated carbocycles. The number of carbonyl (C=O) groups is 1. The molecule has 0 fully saturated rings. The summed E-state index contributed by atoms with van der Waals surface area (Å²) in [6.07, 6.45) is 2.49. The Morgan fingerprint density at radius 1 is 1.31 bits per heavy atom. The number of esters is 1. The van der Waals surface area contributed by atoms with E-state index < -0.39 is 18.3 Å². The fraction of sp³-hybridized carbons (Fsp3) is 0.286. The van der Waals surface area contributed by atoms with Crippen LogP contribution < -0.4 is 5.56 Å². The Labute approximate surface area is 167 Å². The monoisotopic (exact) mass is 391 g/mol. The average molecular weight is 391 g/mol. The van der Waals surface area contributed by atoms with E-state index in [2.05, 4.69) is 21.8 Å². The molecule has 3 aromatic rings. The van der Waals surface area contributed by atoms with Crippen molar-refractivity contribution in [3.63, 3.8) is 0 Å². The van der Waals surface area contributed by atoms with E-state index in [0.717, 1.165) is 34.6 Å². The highest BCUT2D eigenvalue weighted by molar-refractivity contribution is 5.98. The molecule has 0 atom stereocenters. The number of carbonyl (C=O) groups excluding carboxylic acids is 1. The second-order valence-corrected chi connectivity index (χ2v) is 6.62. The number of rotatable bonds is 6. The van der Waals surface area contributed by atoms with E-state index in [-0.39, 0.29) is 5.57 Å². The normalized spacial score (nSPS) is 11.4. The van der Waals surface area contributed by atoms with E-state index in [4.69, 9.17) is 4.74 Å². The highest BCUT2D eigenvalue weighted by Gasteiger charge is 2.15. The number of aryl methyl sites for hydroxylation is 1. The summed E-state index contributed by atoms with van der Waals surface area (Å²) in [6.45, 7) is 6.45. The summed E-state index contributed by atoms with van der Waals surface area (Å²) in [6, 6.07) is 10.6. The van der Waals surface area contributed by atoms with Crippen LogP contribution in [0.1, 0.15) is 30.3 Å². The molecule has 0 spiro atoms. The quantitative estimate of drug-likeness (QED) is 0.364. The van der Waals surface area contributed by atoms with Crippen LogP contribution >= 0.6 is 0 Å². The van der Waals surface area contributed by atoms with E-state index in [0.29, 0.717) is 10.9 Å². The van der Waals surface area contributed by atoms with Crippen LogP contribution in [0.15, 0.2) is 40.7 Å². The summed E-state index contributed by atoms with van der Waals surface area (Å²) in [5.74, 6) is -0.824. The lowest BCUT2D eigenvalue weighted by Crippen LogP contribution is -2.26. The maximum absolute atomic E-state index is 12.4. The van der Waals surface area contributed by atoms with Crippen LogP contribution in [0, 0.1) is 25.2 Å². The minimum absolute atomic E-state index is 0.149. The van der Waals surface area contributed by atoms with Crippen LogP contribution in [0.4, 0.5) is 0 Å². The van der Waals surface area contributed by atoms with Gasteiger partial charge in [-0.15, -0.1) is 5.10 Å². The van der Waals surface area contributed by atoms with Crippen molar-refractivity contribution >= 4 is 22.9 Å². The first-order chi connectivity index (χ1) is 14.0. The van der Waals surface area contributed by atoms with Gasteiger partial charge in [-0.1, -0.05) is 24.3 Å². The van der Waals surface area contributed by atoms with Crippen molar-refractivity contribution in [3.05, 3.63) is 63.2 Å². The second-order valence-electron chi connectivity index (χ2n) is 6.62. The predicted molar refractivity (Wildman–Crippen MR) is 108 cm³/mol. The van der Waals surface area contributed by atoms with Gasteiger partial charge in [0.25, 0.3) is 5.56 Å². The minimum atomic E-state index is -0.824. The SMILES string of the molecule is CCCn1c(C)cc(/C=C(/C#N)C(=O)OCn2nnc3ccccc3c2=O)c1C. The fourth-order valence-corrected chi connectivity index (χ4v) is 3.14. The van der Waals surface area contributed by atoms with Crippen molar-refractivity contribution < 1.29 is 9.53 Å². The Hall–Kier alpha value is -3.73. The van der Waals surface area contributed by atoms with Gasteiger partial charge in [0.05, 0.1) is 5.39 Å². The van der Waals surface area contributed by atoms with Crippen molar-refractivity contribution in [3.8, 4) is 6.07 Å². The fourth-order valence-electron chi connectivity index (χ4n) is 3.14. The van der Waals surface area contributed by atoms with Crippen molar-refractivity contribution in [2.45, 2.75) is 40.5 Å². The largest absolute Gasteiger partial charge is 0.438 e. The van der Waals surface area contributed by atoms with Crippen molar-refractivity contribution in [1.82, 2.24) is 19.6 Å². The third kappa shape index (κ3) is 4.09. The van der Waals surface area contributed by atoms with Gasteiger partial charge in [-0.25, -0.2) is 4.79 Å². The summed E-state index contributed by atoms with van der Waals surface area (Å²) >= 11 is 0. The van der Waals surface area contributed by atoms with Crippen molar-refractivity contribution in [1.29, 1.82) is 5.26 Å². The highest BCUT2D eigenvalue weighted by Crippen LogP contribution is 2.19. The van der Waals surface area contributed by atoms with E-state index in [1.54, 1.807) is 24.3 Å². The van der Waals surface area contributed by atoms with Crippen molar-refractivity contribution in [2.24, 2.45) is 0 Å². The van der Waals surface area contributed by atoms with E-state index in [9.17, 15) is 14.9 Å². The molecular weight excluding hydrogens is 370 g/mol. The molecule has 0 amide bonds. The lowest BCUT2D eigenvalue weighted by molar-refractivity contribution is -0.142. The van der Waals surface area contributed by atoms with Gasteiger partial charge < -0.3 is 9.30 Å². The molecule has 29 heavy (non-hydrogen) atoms. The maximum Gasteiger partial charge on any atom is 0.350 e. The van der Waals surface area contributed by atoms with Crippen LogP contribution in [0.2, 0.25) is 0 Å². The minimum Gasteiger partial charge on any atom is -0.438 e. The molecule has 3 rings (SSSR count). The van der Waals surface area contributed by atoms with Crippen LogP contribution in [0.5, 0.6) is 0 Å². The van der Waals surface area contributed by atoms with E-state index in [1.165, 1.54) is 6.08 Å². The summed E-state index contributed by atoms with van der Waals surface area (Å²) in [7, 11) is 0. The van der Waals surface area contributed by atoms with Crippen LogP contribution in [0.25, 0.3) is 17.0 Å². The number of ether oxygens (including phenoxy) is 1. The molecule has 0 aliphatic rings. The van der Waals surface area contributed by atoms with Gasteiger partial charge in [-0.3, -0.25) is 4.79 Å². The topological polar surface area (TPSA) is 103 Å². The lowest BCUT2D eigenvalue weighted by atomic mass is 10.1. The zero-order chi connectivity index (χ0) is 21.0. The van der Waals surface area contributed by atoms with Gasteiger partial charge in [0.1, 0.15) is 17.2 Å². The van der Waals surface area contributed by atoms with Gasteiger partial charge in [0, 0.05) is 17.9 Å². The molecule has 2 aromatic heterocycles. The number of aromatic nitrogens is 4. The average Bonchev–Trinajstić information content (AvgIpc) is 2.99. The smallest absolute Gasteiger partial charge is 0.350 e. The standard InChI is InChI=1S/C21H21N5O3/c1-4-9-25-14(2)10-16(15(25)3)11-17(12-22)21(28)29-13-26-20(27)18-7-5-6-8-19(18)23-24-26/h5-8,10-11H,4,9,13H2,1-3H3/b17-11-. The summed E-state index contributed by atoms with van der Waals surface area (Å²) in [5, 5.41) is 17.5. The molecule has 0 N–H and O–H groups in total. The first kappa shape index (κ1) is 20.0. The van der Waals surface area contributed by atoms with Crippen LogP contribution in [-0.2, 0) is 22.8 Å². The second kappa shape index (κ2) is 8.52. The molecule has 8 heteroatoms. The van der Waals surface area contributed by atoms with Gasteiger partial charge in [0.2, 0.25) is 0 Å². The molecule has 2 heterocycles. The molecule has 148 valence electrons. The van der Waals surface area contributed by atoms with E-state index >= 15 is 0 Å². The van der Waals surface area contributed by atoms with Gasteiger partial charge in [0.15, 0.2) is 6.73 Å². The molecule has 0 unspecified atom stereocenters. The number of nitriles is 1. The molecule has 1 aromatic carbocycles. The number of nitrogens with zero attached hydrogens (tertiary/aromatic N) is 5. The van der Waals surface area contributed by atoms with E-state index in [1.807, 2.05) is 26.0 Å². The number of hydrogen-bond acceptors (Lipinski definition) is 6. The Morgan fingerprint density at radius 2 is 2.07 bits per heavy atom. The zero-order valence-electron chi connectivity index (χ0n) is 16.5. The van der Waals surface area contributed by atoms with Gasteiger partial charge >= 0.3 is 5.97 Å². The first-order valence-electron chi connectivity index (χ1n) is 9.24. The molecule has 0 aliphatic carbocycles. The lowest BCUT2D eigenvalue weighted by Gasteiger charge is -2.07. The molecule has 8 nitrogen and oxygen atoms in total. The summed E-state index contributed by atoms with van der Waals surface area (Å²) in [4.78, 5) is 24.8. The maximum atomic E-state index is 12.4. The van der Waals surface area contributed by atoms with Crippen LogP contribution in [0.3, 0.4) is 0 Å². The Morgan fingerprint density at radius 3 is 2.79 bits per heavy atom. The molecule has 0 radical (unpaired) electrons. The summed E-state index contributed by atoms with van der Waals surface area (Å²) < 4.78 is 8.21. The van der Waals surface area contributed by atoms with Crippen LogP contribution in [-0.4, -0.2) is 25.5 Å². The number of hydrogen-bond donors (Lipinski definition) is 0. The zero-order valence-corrected chi connectivity index (χ0v) is 16.5. The Kier molecular flexibility index (Phi) is 5.88. The molecule has 0 aliphatic heterocycles. The third-order valence-electron chi connectivity index (χ3n) is 4.65. The Balaban J connectivity index is 1.80. The van der Waals surface area contributed by atoms with Gasteiger partial charge in [-0.05, 0) is 50.1 Å². The predicted octanol–water partition coefficient (Wildman–Crippen LogP) is 2.73. The summed E-state index contributed by atoms with van der Waals surface area (Å²) in [5.41, 5.74) is 2.70. The number of benzene rings is 1. The Bertz CT molecular complexity index is 1200. The number of fused-ring (bicyclic) bond motifs is 1. The highest BCUT2D eigenvalue weighted by atomic mass is 16.5. The van der Waals surface area contributed by atoms with Gasteiger partial charge in [-0.2, -0.15) is 9.94 Å².